The van der Waals surface area contributed by atoms with E-state index >= 15 is 0 Å². The van der Waals surface area contributed by atoms with Crippen molar-refractivity contribution in [3.63, 3.8) is 0 Å². The molecule has 0 radical (unpaired) electrons. The molecule has 0 aliphatic carbocycles. The van der Waals surface area contributed by atoms with Crippen LogP contribution in [0.25, 0.3) is 0 Å². The first-order valence-electron chi connectivity index (χ1n) is 5.91. The number of carbonyl (C=O) groups excluding carboxylic acids is 1. The summed E-state index contributed by atoms with van der Waals surface area (Å²) in [6.07, 6.45) is 0.961. The Balaban J connectivity index is 2.01. The van der Waals surface area contributed by atoms with E-state index in [2.05, 4.69) is 25.8 Å². The van der Waals surface area contributed by atoms with Crippen LogP contribution in [-0.4, -0.2) is 40.2 Å². The number of nitrogens with zero attached hydrogens (tertiary/aromatic N) is 2. The molecule has 6 nitrogen and oxygen atoms in total. The Morgan fingerprint density at radius 3 is 2.76 bits per heavy atom. The molecular formula is C11H19N5O. The van der Waals surface area contributed by atoms with E-state index in [1.807, 2.05) is 20.8 Å². The van der Waals surface area contributed by atoms with Gasteiger partial charge in [-0.2, -0.15) is 0 Å². The highest BCUT2D eigenvalue weighted by Crippen LogP contribution is 2.17. The van der Waals surface area contributed by atoms with Crippen LogP contribution in [0, 0.1) is 0 Å². The molecule has 1 aliphatic rings. The lowest BCUT2D eigenvalue weighted by molar-refractivity contribution is 0.0930. The summed E-state index contributed by atoms with van der Waals surface area (Å²) in [5, 5.41) is 12.9. The second-order valence-electron chi connectivity index (χ2n) is 5.42. The van der Waals surface area contributed by atoms with Gasteiger partial charge in [-0.15, -0.1) is 5.10 Å². The maximum atomic E-state index is 11.9. The van der Waals surface area contributed by atoms with Crippen LogP contribution in [0.2, 0.25) is 0 Å². The molecule has 2 rings (SSSR count). The van der Waals surface area contributed by atoms with E-state index in [-0.39, 0.29) is 23.2 Å². The minimum atomic E-state index is -0.203. The lowest BCUT2D eigenvalue weighted by Crippen LogP contribution is -2.36. The molecular weight excluding hydrogens is 218 g/mol. The van der Waals surface area contributed by atoms with E-state index in [0.717, 1.165) is 25.3 Å². The molecule has 6 heteroatoms. The highest BCUT2D eigenvalue weighted by molar-refractivity contribution is 5.90. The summed E-state index contributed by atoms with van der Waals surface area (Å²) in [5.74, 6) is 0.750. The van der Waals surface area contributed by atoms with Crippen LogP contribution >= 0.6 is 0 Å². The molecule has 1 atom stereocenters. The Morgan fingerprint density at radius 2 is 2.24 bits per heavy atom. The first-order chi connectivity index (χ1) is 7.97. The van der Waals surface area contributed by atoms with Crippen molar-refractivity contribution in [1.82, 2.24) is 25.8 Å². The maximum Gasteiger partial charge on any atom is 0.291 e. The molecule has 1 aromatic heterocycles. The van der Waals surface area contributed by atoms with Gasteiger partial charge in [0.25, 0.3) is 5.91 Å². The molecule has 3 N–H and O–H groups in total. The van der Waals surface area contributed by atoms with Crippen LogP contribution in [0.3, 0.4) is 0 Å². The molecule has 2 heterocycles. The molecule has 1 unspecified atom stereocenters. The van der Waals surface area contributed by atoms with Gasteiger partial charge in [0.15, 0.2) is 0 Å². The molecule has 0 bridgehead atoms. The summed E-state index contributed by atoms with van der Waals surface area (Å²) in [7, 11) is 0. The zero-order valence-electron chi connectivity index (χ0n) is 10.5. The molecule has 0 spiro atoms. The molecule has 1 saturated heterocycles. The topological polar surface area (TPSA) is 82.7 Å². The fourth-order valence-corrected chi connectivity index (χ4v) is 1.73. The number of rotatable bonds is 2. The highest BCUT2D eigenvalue weighted by Gasteiger charge is 2.23. The van der Waals surface area contributed by atoms with Crippen molar-refractivity contribution >= 4 is 5.91 Å². The standard InChI is InChI=1S/C11H19N5O/c1-11(2,3)10-14-8(15-16-10)9(17)13-7-4-5-12-6-7/h7,12H,4-6H2,1-3H3,(H,13,17)(H,14,15,16). The zero-order chi connectivity index (χ0) is 12.5. The molecule has 0 saturated carbocycles. The Labute approximate surface area is 101 Å². The Bertz CT molecular complexity index is 400. The Hall–Kier alpha value is -1.43. The van der Waals surface area contributed by atoms with Crippen LogP contribution in [0.15, 0.2) is 0 Å². The number of carbonyl (C=O) groups is 1. The van der Waals surface area contributed by atoms with Gasteiger partial charge in [0.1, 0.15) is 5.82 Å². The van der Waals surface area contributed by atoms with Crippen LogP contribution in [-0.2, 0) is 5.41 Å². The largest absolute Gasteiger partial charge is 0.345 e. The van der Waals surface area contributed by atoms with Gasteiger partial charge in [-0.05, 0) is 13.0 Å². The SMILES string of the molecule is CC(C)(C)c1nc(C(=O)NC2CCNC2)n[nH]1. The smallest absolute Gasteiger partial charge is 0.291 e. The first kappa shape index (κ1) is 12.0. The summed E-state index contributed by atoms with van der Waals surface area (Å²) in [4.78, 5) is 16.1. The Kier molecular flexibility index (Phi) is 3.15. The van der Waals surface area contributed by atoms with Crippen molar-refractivity contribution in [2.45, 2.75) is 38.6 Å². The van der Waals surface area contributed by atoms with Crippen LogP contribution in [0.1, 0.15) is 43.6 Å². The minimum Gasteiger partial charge on any atom is -0.345 e. The number of hydrogen-bond donors (Lipinski definition) is 3. The van der Waals surface area contributed by atoms with E-state index in [0.29, 0.717) is 0 Å². The van der Waals surface area contributed by atoms with Gasteiger partial charge in [0, 0.05) is 18.0 Å². The average Bonchev–Trinajstić information content (AvgIpc) is 2.85. The van der Waals surface area contributed by atoms with Gasteiger partial charge >= 0.3 is 0 Å². The van der Waals surface area contributed by atoms with Crippen LogP contribution in [0.4, 0.5) is 0 Å². The van der Waals surface area contributed by atoms with Gasteiger partial charge in [0.05, 0.1) is 0 Å². The fraction of sp³-hybridized carbons (Fsp3) is 0.727. The minimum absolute atomic E-state index is 0.125. The zero-order valence-corrected chi connectivity index (χ0v) is 10.5. The van der Waals surface area contributed by atoms with E-state index in [1.165, 1.54) is 0 Å². The van der Waals surface area contributed by atoms with Gasteiger partial charge in [-0.25, -0.2) is 4.98 Å². The molecule has 94 valence electrons. The quantitative estimate of drug-likeness (QED) is 0.686. The van der Waals surface area contributed by atoms with E-state index in [1.54, 1.807) is 0 Å². The van der Waals surface area contributed by atoms with Gasteiger partial charge in [0.2, 0.25) is 5.82 Å². The second-order valence-corrected chi connectivity index (χ2v) is 5.42. The van der Waals surface area contributed by atoms with E-state index in [4.69, 9.17) is 0 Å². The summed E-state index contributed by atoms with van der Waals surface area (Å²) in [6.45, 7) is 7.84. The molecule has 1 aliphatic heterocycles. The molecule has 1 amide bonds. The third kappa shape index (κ3) is 2.82. The van der Waals surface area contributed by atoms with Gasteiger partial charge in [-0.3, -0.25) is 9.89 Å². The summed E-state index contributed by atoms with van der Waals surface area (Å²) < 4.78 is 0. The third-order valence-electron chi connectivity index (χ3n) is 2.79. The molecule has 1 aromatic rings. The number of hydrogen-bond acceptors (Lipinski definition) is 4. The van der Waals surface area contributed by atoms with E-state index in [9.17, 15) is 4.79 Å². The number of aromatic amines is 1. The normalized spacial score (nSPS) is 20.5. The maximum absolute atomic E-state index is 11.9. The number of H-pyrrole nitrogens is 1. The second kappa shape index (κ2) is 4.44. The van der Waals surface area contributed by atoms with Crippen molar-refractivity contribution in [1.29, 1.82) is 0 Å². The van der Waals surface area contributed by atoms with Crippen molar-refractivity contribution < 1.29 is 4.79 Å². The lowest BCUT2D eigenvalue weighted by atomic mass is 9.96. The lowest BCUT2D eigenvalue weighted by Gasteiger charge is -2.13. The number of aromatic nitrogens is 3. The van der Waals surface area contributed by atoms with Gasteiger partial charge in [-0.1, -0.05) is 20.8 Å². The predicted octanol–water partition coefficient (Wildman–Crippen LogP) is 0.194. The third-order valence-corrected chi connectivity index (χ3v) is 2.79. The van der Waals surface area contributed by atoms with E-state index < -0.39 is 0 Å². The molecule has 17 heavy (non-hydrogen) atoms. The van der Waals surface area contributed by atoms with Crippen molar-refractivity contribution in [2.24, 2.45) is 0 Å². The van der Waals surface area contributed by atoms with Gasteiger partial charge < -0.3 is 10.6 Å². The summed E-state index contributed by atoms with van der Waals surface area (Å²) in [5.41, 5.74) is -0.125. The molecule has 0 aromatic carbocycles. The molecule has 1 fully saturated rings. The average molecular weight is 237 g/mol. The summed E-state index contributed by atoms with van der Waals surface area (Å²) in [6, 6.07) is 0.194. The summed E-state index contributed by atoms with van der Waals surface area (Å²) >= 11 is 0. The van der Waals surface area contributed by atoms with Crippen molar-refractivity contribution in [3.8, 4) is 0 Å². The highest BCUT2D eigenvalue weighted by atomic mass is 16.2. The monoisotopic (exact) mass is 237 g/mol. The van der Waals surface area contributed by atoms with Crippen LogP contribution < -0.4 is 10.6 Å². The number of amides is 1. The van der Waals surface area contributed by atoms with Crippen molar-refractivity contribution in [2.75, 3.05) is 13.1 Å². The predicted molar refractivity (Wildman–Crippen MR) is 63.8 cm³/mol. The Morgan fingerprint density at radius 1 is 1.47 bits per heavy atom. The fourth-order valence-electron chi connectivity index (χ4n) is 1.73. The first-order valence-corrected chi connectivity index (χ1v) is 5.91. The number of nitrogens with one attached hydrogen (secondary N) is 3. The van der Waals surface area contributed by atoms with Crippen molar-refractivity contribution in [3.05, 3.63) is 11.6 Å². The van der Waals surface area contributed by atoms with Crippen LogP contribution in [0.5, 0.6) is 0 Å².